The molecule has 8 heteroatoms. The number of likely N-dealkylation sites (N-methyl/N-ethyl adjacent to an activating group) is 1. The van der Waals surface area contributed by atoms with Gasteiger partial charge in [0.15, 0.2) is 12.1 Å². The highest BCUT2D eigenvalue weighted by atomic mass is 16.6. The average Bonchev–Trinajstić information content (AvgIpc) is 3.09. The first-order valence-electron chi connectivity index (χ1n) is 19.7. The zero-order valence-electron chi connectivity index (χ0n) is 33.2. The van der Waals surface area contributed by atoms with Gasteiger partial charge < -0.3 is 23.8 Å². The number of rotatable bonds is 33. The van der Waals surface area contributed by atoms with Crippen molar-refractivity contribution in [3.63, 3.8) is 0 Å². The summed E-state index contributed by atoms with van der Waals surface area (Å²) in [4.78, 5) is 36.8. The Morgan fingerprint density at radius 1 is 0.596 bits per heavy atom. The van der Waals surface area contributed by atoms with E-state index in [2.05, 4.69) is 44.2 Å². The summed E-state index contributed by atoms with van der Waals surface area (Å²) < 4.78 is 17.1. The summed E-state index contributed by atoms with van der Waals surface area (Å²) >= 11 is 0. The Kier molecular flexibility index (Phi) is 32.3. The van der Waals surface area contributed by atoms with Gasteiger partial charge in [0.2, 0.25) is 0 Å². The molecule has 0 amide bonds. The third-order valence-corrected chi connectivity index (χ3v) is 8.18. The number of carbonyl (C=O) groups excluding carboxylic acids is 2. The van der Waals surface area contributed by atoms with Crippen LogP contribution in [-0.2, 0) is 28.6 Å². The fourth-order valence-corrected chi connectivity index (χ4v) is 5.11. The Morgan fingerprint density at radius 3 is 1.67 bits per heavy atom. The second-order valence-electron chi connectivity index (χ2n) is 14.0. The molecule has 0 heterocycles. The van der Waals surface area contributed by atoms with Crippen LogP contribution in [0.5, 0.6) is 0 Å². The zero-order chi connectivity index (χ0) is 38.5. The van der Waals surface area contributed by atoms with Crippen LogP contribution < -0.4 is 0 Å². The Bertz CT molecular complexity index is 1120. The molecule has 0 aromatic heterocycles. The molecule has 0 radical (unpaired) electrons. The van der Waals surface area contributed by atoms with Gasteiger partial charge in [0.1, 0.15) is 6.61 Å². The molecule has 8 nitrogen and oxygen atoms in total. The second kappa shape index (κ2) is 34.6. The fourth-order valence-electron chi connectivity index (χ4n) is 5.11. The highest BCUT2D eigenvalue weighted by molar-refractivity contribution is 5.72. The number of allylic oxidation sites excluding steroid dienone is 14. The summed E-state index contributed by atoms with van der Waals surface area (Å²) in [5.74, 6) is -1.59. The molecule has 0 aromatic rings. The number of esters is 2. The fraction of sp³-hybridized carbons (Fsp3) is 0.614. The van der Waals surface area contributed by atoms with Gasteiger partial charge in [0, 0.05) is 19.3 Å². The van der Waals surface area contributed by atoms with Crippen molar-refractivity contribution in [1.82, 2.24) is 0 Å². The van der Waals surface area contributed by atoms with Crippen LogP contribution in [0.15, 0.2) is 85.1 Å². The molecule has 2 atom stereocenters. The second-order valence-corrected chi connectivity index (χ2v) is 14.0. The van der Waals surface area contributed by atoms with Crippen molar-refractivity contribution in [2.45, 2.75) is 135 Å². The lowest BCUT2D eigenvalue weighted by atomic mass is 10.1. The predicted octanol–water partition coefficient (Wildman–Crippen LogP) is 10.2. The maximum atomic E-state index is 12.7. The van der Waals surface area contributed by atoms with Crippen LogP contribution in [0.25, 0.3) is 0 Å². The normalized spacial score (nSPS) is 13.9. The van der Waals surface area contributed by atoms with Gasteiger partial charge in [-0.15, -0.1) is 0 Å². The van der Waals surface area contributed by atoms with Crippen LogP contribution in [-0.4, -0.2) is 80.6 Å². The van der Waals surface area contributed by atoms with Gasteiger partial charge in [-0.25, -0.2) is 4.79 Å². The minimum absolute atomic E-state index is 0.0281. The van der Waals surface area contributed by atoms with E-state index in [1.807, 2.05) is 75.8 Å². The van der Waals surface area contributed by atoms with Crippen LogP contribution in [0, 0.1) is 0 Å². The van der Waals surface area contributed by atoms with E-state index in [-0.39, 0.29) is 42.7 Å². The monoisotopic (exact) mass is 727 g/mol. The third-order valence-electron chi connectivity index (χ3n) is 8.18. The number of hydrogen-bond acceptors (Lipinski definition) is 6. The summed E-state index contributed by atoms with van der Waals surface area (Å²) in [5.41, 5.74) is 0. The molecule has 0 aliphatic carbocycles. The van der Waals surface area contributed by atoms with Gasteiger partial charge in [-0.3, -0.25) is 9.59 Å². The largest absolute Gasteiger partial charge is 0.477 e. The van der Waals surface area contributed by atoms with Crippen LogP contribution in [0.2, 0.25) is 0 Å². The van der Waals surface area contributed by atoms with Crippen LogP contribution in [0.3, 0.4) is 0 Å². The van der Waals surface area contributed by atoms with Gasteiger partial charge in [0.25, 0.3) is 0 Å². The molecule has 0 rings (SSSR count). The molecule has 0 saturated heterocycles. The van der Waals surface area contributed by atoms with Crippen LogP contribution in [0.1, 0.15) is 123 Å². The van der Waals surface area contributed by atoms with E-state index in [1.54, 1.807) is 0 Å². The number of carbonyl (C=O) groups is 3. The molecule has 2 unspecified atom stereocenters. The van der Waals surface area contributed by atoms with Gasteiger partial charge in [-0.1, -0.05) is 137 Å². The minimum Gasteiger partial charge on any atom is -0.477 e. The van der Waals surface area contributed by atoms with Crippen molar-refractivity contribution in [1.29, 1.82) is 0 Å². The molecule has 52 heavy (non-hydrogen) atoms. The number of carboxylic acids is 1. The molecular weight excluding hydrogens is 654 g/mol. The number of nitrogens with zero attached hydrogens (tertiary/aromatic N) is 1. The summed E-state index contributed by atoms with van der Waals surface area (Å²) in [6.45, 7) is 4.44. The first kappa shape index (κ1) is 48.5. The Labute approximate surface area is 316 Å². The Morgan fingerprint density at radius 2 is 1.10 bits per heavy atom. The lowest BCUT2D eigenvalue weighted by Crippen LogP contribution is -2.50. The van der Waals surface area contributed by atoms with E-state index < -0.39 is 18.1 Å². The standard InChI is InChI=1S/C44H71NO7/c1-6-8-10-12-14-16-18-20-21-23-25-27-29-31-33-35-43(47)52-40(38-50-37-36-41(44(48)49)45(3,4)5)39-51-42(46)34-32-30-28-26-24-22-19-17-15-13-11-9-7-2/h9,11,13-20,22,24,26,28,40-41H,6-8,10,12,21,23,25,27,29-39H2,1-5H3/p+1/b11-9+,15-13+,16-14+,19-17+,20-18+,24-22+,28-26+. The molecule has 0 saturated carbocycles. The number of aliphatic carboxylic acids is 1. The topological polar surface area (TPSA) is 99.1 Å². The Hall–Kier alpha value is -3.49. The van der Waals surface area contributed by atoms with Crippen LogP contribution >= 0.6 is 0 Å². The lowest BCUT2D eigenvalue weighted by molar-refractivity contribution is -0.887. The van der Waals surface area contributed by atoms with Crippen molar-refractivity contribution in [3.05, 3.63) is 85.1 Å². The summed E-state index contributed by atoms with van der Waals surface area (Å²) in [7, 11) is 5.48. The summed E-state index contributed by atoms with van der Waals surface area (Å²) in [6.07, 6.45) is 43.5. The highest BCUT2D eigenvalue weighted by Crippen LogP contribution is 2.12. The zero-order valence-corrected chi connectivity index (χ0v) is 33.2. The van der Waals surface area contributed by atoms with Crippen molar-refractivity contribution >= 4 is 17.9 Å². The van der Waals surface area contributed by atoms with Gasteiger partial charge in [-0.2, -0.15) is 0 Å². The number of quaternary nitrogens is 1. The summed E-state index contributed by atoms with van der Waals surface area (Å²) in [5, 5.41) is 9.59. The van der Waals surface area contributed by atoms with Crippen molar-refractivity contribution in [2.24, 2.45) is 0 Å². The maximum absolute atomic E-state index is 12.7. The average molecular weight is 727 g/mol. The van der Waals surface area contributed by atoms with Gasteiger partial charge in [0.05, 0.1) is 34.4 Å². The molecule has 0 aliphatic rings. The van der Waals surface area contributed by atoms with E-state index >= 15 is 0 Å². The predicted molar refractivity (Wildman–Crippen MR) is 215 cm³/mol. The third kappa shape index (κ3) is 32.4. The first-order valence-corrected chi connectivity index (χ1v) is 19.7. The van der Waals surface area contributed by atoms with E-state index in [4.69, 9.17) is 14.2 Å². The number of unbranched alkanes of at least 4 members (excludes halogenated alkanes) is 10. The number of carboxylic acid groups (broad SMARTS) is 1. The SMILES string of the molecule is CC/C=C/C=C/C=C/C=C/C=C/CCCC(=O)OCC(COCCC(C(=O)O)[N+](C)(C)C)OC(=O)CCCCCCCC/C=C/C=C/CCCCC. The molecule has 0 bridgehead atoms. The van der Waals surface area contributed by atoms with Crippen LogP contribution in [0.4, 0.5) is 0 Å². The lowest BCUT2D eigenvalue weighted by Gasteiger charge is -2.31. The van der Waals surface area contributed by atoms with E-state index in [9.17, 15) is 19.5 Å². The van der Waals surface area contributed by atoms with Crippen molar-refractivity contribution < 1.29 is 38.2 Å². The molecule has 0 aliphatic heterocycles. The van der Waals surface area contributed by atoms with Gasteiger partial charge in [-0.05, 0) is 51.4 Å². The number of ether oxygens (including phenoxy) is 3. The molecule has 1 N–H and O–H groups in total. The van der Waals surface area contributed by atoms with Crippen molar-refractivity contribution in [2.75, 3.05) is 41.0 Å². The molecule has 0 fully saturated rings. The van der Waals surface area contributed by atoms with E-state index in [1.165, 1.54) is 32.1 Å². The first-order chi connectivity index (χ1) is 25.1. The van der Waals surface area contributed by atoms with Crippen molar-refractivity contribution in [3.8, 4) is 0 Å². The van der Waals surface area contributed by atoms with E-state index in [0.29, 0.717) is 19.3 Å². The molecule has 294 valence electrons. The highest BCUT2D eigenvalue weighted by Gasteiger charge is 2.31. The molecule has 0 aromatic carbocycles. The minimum atomic E-state index is -0.892. The molecular formula is C44H72NO7+. The Balaban J connectivity index is 4.57. The quantitative estimate of drug-likeness (QED) is 0.0311. The van der Waals surface area contributed by atoms with E-state index in [0.717, 1.165) is 51.4 Å². The molecule has 0 spiro atoms. The number of hydrogen-bond donors (Lipinski definition) is 1. The maximum Gasteiger partial charge on any atom is 0.362 e. The summed E-state index contributed by atoms with van der Waals surface area (Å²) in [6, 6.07) is -0.631. The smallest absolute Gasteiger partial charge is 0.362 e. The van der Waals surface area contributed by atoms with Gasteiger partial charge >= 0.3 is 17.9 Å².